The zero-order valence-corrected chi connectivity index (χ0v) is 10.4. The zero-order chi connectivity index (χ0) is 14.9. The largest absolute Gasteiger partial charge is 0.294 e. The summed E-state index contributed by atoms with van der Waals surface area (Å²) in [5.41, 5.74) is -1.14. The van der Waals surface area contributed by atoms with Gasteiger partial charge in [-0.15, -0.1) is 0 Å². The average molecular weight is 278 g/mol. The van der Waals surface area contributed by atoms with Crippen molar-refractivity contribution in [3.8, 4) is 0 Å². The summed E-state index contributed by atoms with van der Waals surface area (Å²) in [7, 11) is 0. The number of carbonyl (C=O) groups is 2. The highest BCUT2D eigenvalue weighted by Crippen LogP contribution is 2.21. The SMILES string of the molecule is CC(=O)c1cccc(F)c1C(=O)c1ccc(F)cc1F. The lowest BCUT2D eigenvalue weighted by Gasteiger charge is -2.08. The first-order valence-corrected chi connectivity index (χ1v) is 5.71. The lowest BCUT2D eigenvalue weighted by Crippen LogP contribution is -2.12. The van der Waals surface area contributed by atoms with Crippen molar-refractivity contribution in [1.29, 1.82) is 0 Å². The van der Waals surface area contributed by atoms with Crippen molar-refractivity contribution in [2.75, 3.05) is 0 Å². The Bertz CT molecular complexity index is 708. The van der Waals surface area contributed by atoms with Gasteiger partial charge in [-0.25, -0.2) is 13.2 Å². The van der Waals surface area contributed by atoms with Crippen molar-refractivity contribution >= 4 is 11.6 Å². The Morgan fingerprint density at radius 3 is 2.20 bits per heavy atom. The predicted molar refractivity (Wildman–Crippen MR) is 66.2 cm³/mol. The van der Waals surface area contributed by atoms with E-state index in [0.29, 0.717) is 6.07 Å². The first-order chi connectivity index (χ1) is 9.41. The molecule has 2 aromatic carbocycles. The summed E-state index contributed by atoms with van der Waals surface area (Å²) in [5, 5.41) is 0. The zero-order valence-electron chi connectivity index (χ0n) is 10.4. The molecule has 0 aromatic heterocycles. The molecule has 0 bridgehead atoms. The number of ketones is 2. The molecule has 2 nitrogen and oxygen atoms in total. The summed E-state index contributed by atoms with van der Waals surface area (Å²) in [6.07, 6.45) is 0. The van der Waals surface area contributed by atoms with Crippen LogP contribution in [0, 0.1) is 17.5 Å². The van der Waals surface area contributed by atoms with E-state index in [4.69, 9.17) is 0 Å². The number of hydrogen-bond acceptors (Lipinski definition) is 2. The number of carbonyl (C=O) groups excluding carboxylic acids is 2. The van der Waals surface area contributed by atoms with Crippen LogP contribution in [-0.4, -0.2) is 11.6 Å². The summed E-state index contributed by atoms with van der Waals surface area (Å²) < 4.78 is 40.2. The van der Waals surface area contributed by atoms with Crippen LogP contribution >= 0.6 is 0 Å². The van der Waals surface area contributed by atoms with E-state index in [1.165, 1.54) is 19.1 Å². The fourth-order valence-electron chi connectivity index (χ4n) is 1.86. The Labute approximate surface area is 112 Å². The number of Topliss-reactive ketones (excluding diaryl/α,β-unsaturated/α-hetero) is 1. The van der Waals surface area contributed by atoms with E-state index >= 15 is 0 Å². The standard InChI is InChI=1S/C15H9F3O2/c1-8(19)10-3-2-4-12(17)14(10)15(20)11-6-5-9(16)7-13(11)18/h2-7H,1H3. The molecule has 0 saturated carbocycles. The van der Waals surface area contributed by atoms with Crippen LogP contribution in [0.3, 0.4) is 0 Å². The van der Waals surface area contributed by atoms with Gasteiger partial charge in [-0.1, -0.05) is 12.1 Å². The van der Waals surface area contributed by atoms with Crippen LogP contribution in [0.4, 0.5) is 13.2 Å². The summed E-state index contributed by atoms with van der Waals surface area (Å²) in [4.78, 5) is 23.6. The summed E-state index contributed by atoms with van der Waals surface area (Å²) in [5.74, 6) is -4.39. The Kier molecular flexibility index (Phi) is 3.70. The van der Waals surface area contributed by atoms with Crippen LogP contribution in [0.25, 0.3) is 0 Å². The molecule has 0 aliphatic heterocycles. The number of hydrogen-bond donors (Lipinski definition) is 0. The van der Waals surface area contributed by atoms with Gasteiger partial charge >= 0.3 is 0 Å². The Morgan fingerprint density at radius 2 is 1.60 bits per heavy atom. The minimum Gasteiger partial charge on any atom is -0.294 e. The van der Waals surface area contributed by atoms with Crippen LogP contribution in [0.15, 0.2) is 36.4 Å². The first kappa shape index (κ1) is 14.0. The molecule has 2 aromatic rings. The second-order valence-corrected chi connectivity index (χ2v) is 4.17. The molecule has 0 aliphatic carbocycles. The molecule has 0 unspecified atom stereocenters. The van der Waals surface area contributed by atoms with Crippen LogP contribution in [-0.2, 0) is 0 Å². The maximum absolute atomic E-state index is 13.8. The molecule has 20 heavy (non-hydrogen) atoms. The molecular formula is C15H9F3O2. The molecule has 0 aliphatic rings. The number of halogens is 3. The van der Waals surface area contributed by atoms with Gasteiger partial charge in [-0.05, 0) is 25.1 Å². The predicted octanol–water partition coefficient (Wildman–Crippen LogP) is 3.54. The van der Waals surface area contributed by atoms with Gasteiger partial charge in [-0.3, -0.25) is 9.59 Å². The second-order valence-electron chi connectivity index (χ2n) is 4.17. The van der Waals surface area contributed by atoms with E-state index in [2.05, 4.69) is 0 Å². The van der Waals surface area contributed by atoms with Crippen LogP contribution in [0.5, 0.6) is 0 Å². The summed E-state index contributed by atoms with van der Waals surface area (Å²) >= 11 is 0. The van der Waals surface area contributed by atoms with Gasteiger partial charge in [0.2, 0.25) is 0 Å². The molecular weight excluding hydrogens is 269 g/mol. The molecule has 0 heterocycles. The highest BCUT2D eigenvalue weighted by Gasteiger charge is 2.23. The molecule has 0 fully saturated rings. The van der Waals surface area contributed by atoms with Gasteiger partial charge < -0.3 is 0 Å². The monoisotopic (exact) mass is 278 g/mol. The summed E-state index contributed by atoms with van der Waals surface area (Å²) in [6, 6.07) is 5.90. The smallest absolute Gasteiger partial charge is 0.199 e. The third-order valence-electron chi connectivity index (χ3n) is 2.80. The van der Waals surface area contributed by atoms with E-state index in [1.54, 1.807) is 0 Å². The maximum Gasteiger partial charge on any atom is 0.199 e. The van der Waals surface area contributed by atoms with Crippen molar-refractivity contribution in [3.05, 3.63) is 70.5 Å². The van der Waals surface area contributed by atoms with Gasteiger partial charge in [-0.2, -0.15) is 0 Å². The Hall–Kier alpha value is -2.43. The molecule has 0 spiro atoms. The summed E-state index contributed by atoms with van der Waals surface area (Å²) in [6.45, 7) is 1.17. The van der Waals surface area contributed by atoms with Crippen molar-refractivity contribution in [2.45, 2.75) is 6.92 Å². The lowest BCUT2D eigenvalue weighted by molar-refractivity contribution is 0.0986. The normalized spacial score (nSPS) is 10.4. The van der Waals surface area contributed by atoms with E-state index in [1.807, 2.05) is 0 Å². The maximum atomic E-state index is 13.8. The Morgan fingerprint density at radius 1 is 0.900 bits per heavy atom. The van der Waals surface area contributed by atoms with Gasteiger partial charge in [0, 0.05) is 11.6 Å². The Balaban J connectivity index is 2.62. The van der Waals surface area contributed by atoms with Crippen molar-refractivity contribution in [3.63, 3.8) is 0 Å². The molecule has 0 amide bonds. The minimum atomic E-state index is -1.10. The molecule has 2 rings (SSSR count). The topological polar surface area (TPSA) is 34.1 Å². The average Bonchev–Trinajstić information content (AvgIpc) is 2.37. The van der Waals surface area contributed by atoms with Crippen molar-refractivity contribution in [2.24, 2.45) is 0 Å². The third kappa shape index (κ3) is 2.47. The molecule has 5 heteroatoms. The van der Waals surface area contributed by atoms with E-state index in [9.17, 15) is 22.8 Å². The quantitative estimate of drug-likeness (QED) is 0.805. The molecule has 0 N–H and O–H groups in total. The fraction of sp³-hybridized carbons (Fsp3) is 0.0667. The molecule has 102 valence electrons. The molecule has 0 saturated heterocycles. The second kappa shape index (κ2) is 5.28. The number of rotatable bonds is 3. The van der Waals surface area contributed by atoms with Gasteiger partial charge in [0.15, 0.2) is 11.6 Å². The van der Waals surface area contributed by atoms with Gasteiger partial charge in [0.05, 0.1) is 11.1 Å². The van der Waals surface area contributed by atoms with E-state index in [0.717, 1.165) is 18.2 Å². The highest BCUT2D eigenvalue weighted by atomic mass is 19.1. The van der Waals surface area contributed by atoms with E-state index in [-0.39, 0.29) is 5.56 Å². The van der Waals surface area contributed by atoms with Crippen LogP contribution in [0.1, 0.15) is 33.2 Å². The van der Waals surface area contributed by atoms with Gasteiger partial charge in [0.25, 0.3) is 0 Å². The lowest BCUT2D eigenvalue weighted by atomic mass is 9.95. The number of benzene rings is 2. The van der Waals surface area contributed by atoms with Crippen molar-refractivity contribution in [1.82, 2.24) is 0 Å². The van der Waals surface area contributed by atoms with Crippen LogP contribution in [0.2, 0.25) is 0 Å². The fourth-order valence-corrected chi connectivity index (χ4v) is 1.86. The first-order valence-electron chi connectivity index (χ1n) is 5.71. The molecule has 0 atom stereocenters. The highest BCUT2D eigenvalue weighted by molar-refractivity contribution is 6.15. The third-order valence-corrected chi connectivity index (χ3v) is 2.80. The van der Waals surface area contributed by atoms with Crippen molar-refractivity contribution < 1.29 is 22.8 Å². The van der Waals surface area contributed by atoms with Gasteiger partial charge in [0.1, 0.15) is 17.5 Å². The minimum absolute atomic E-state index is 0.140. The van der Waals surface area contributed by atoms with Crippen LogP contribution < -0.4 is 0 Å². The molecule has 0 radical (unpaired) electrons. The van der Waals surface area contributed by atoms with E-state index < -0.39 is 40.1 Å².